The van der Waals surface area contributed by atoms with Crippen molar-refractivity contribution in [3.05, 3.63) is 23.3 Å². The number of Topliss-reactive ketones (excluding diaryl/α,β-unsaturated/α-hetero) is 1. The number of aliphatic hydroxyl groups excluding tert-OH is 1. The number of carbonyl (C=O) groups is 2. The van der Waals surface area contributed by atoms with Gasteiger partial charge < -0.3 is 14.6 Å². The molecule has 0 bridgehead atoms. The van der Waals surface area contributed by atoms with Crippen molar-refractivity contribution in [1.29, 1.82) is 0 Å². The summed E-state index contributed by atoms with van der Waals surface area (Å²) in [5.74, 6) is -0.933. The Hall–Kier alpha value is -1.46. The lowest BCUT2D eigenvalue weighted by molar-refractivity contribution is -0.150. The molecule has 0 spiro atoms. The van der Waals surface area contributed by atoms with E-state index in [1.165, 1.54) is 6.08 Å². The lowest BCUT2D eigenvalue weighted by Crippen LogP contribution is -2.27. The van der Waals surface area contributed by atoms with Gasteiger partial charge in [0.2, 0.25) is 0 Å². The van der Waals surface area contributed by atoms with Gasteiger partial charge in [0.15, 0.2) is 12.1 Å². The fourth-order valence-electron chi connectivity index (χ4n) is 1.97. The number of hydrogen-bond donors (Lipinski definition) is 1. The molecule has 1 N–H and O–H groups in total. The maximum Gasteiger partial charge on any atom is 0.342 e. The third kappa shape index (κ3) is 2.52. The van der Waals surface area contributed by atoms with Crippen molar-refractivity contribution in [3.8, 4) is 0 Å². The second-order valence-electron chi connectivity index (χ2n) is 5.33. The Morgan fingerprint density at radius 3 is 2.78 bits per heavy atom. The van der Waals surface area contributed by atoms with E-state index in [0.717, 1.165) is 0 Å². The number of ketones is 1. The first kappa shape index (κ1) is 13.0. The van der Waals surface area contributed by atoms with Gasteiger partial charge in [-0.15, -0.1) is 0 Å². The van der Waals surface area contributed by atoms with E-state index in [0.29, 0.717) is 5.57 Å². The number of aliphatic hydroxyl groups is 1. The first-order chi connectivity index (χ1) is 8.28. The molecule has 5 nitrogen and oxygen atoms in total. The summed E-state index contributed by atoms with van der Waals surface area (Å²) >= 11 is 0. The van der Waals surface area contributed by atoms with Crippen LogP contribution in [0, 0.1) is 0 Å². The summed E-state index contributed by atoms with van der Waals surface area (Å²) in [7, 11) is 0. The molecule has 98 valence electrons. The normalized spacial score (nSPS) is 27.4. The number of ether oxygens (including phenoxy) is 2. The summed E-state index contributed by atoms with van der Waals surface area (Å²) in [6.45, 7) is 5.22. The quantitative estimate of drug-likeness (QED) is 0.553. The highest BCUT2D eigenvalue weighted by Crippen LogP contribution is 2.32. The zero-order valence-electron chi connectivity index (χ0n) is 10.6. The summed E-state index contributed by atoms with van der Waals surface area (Å²) in [5, 5.41) is 9.29. The third-order valence-electron chi connectivity index (χ3n) is 2.63. The molecule has 0 aromatic heterocycles. The van der Waals surface area contributed by atoms with Crippen molar-refractivity contribution in [3.63, 3.8) is 0 Å². The van der Waals surface area contributed by atoms with Gasteiger partial charge in [-0.2, -0.15) is 0 Å². The summed E-state index contributed by atoms with van der Waals surface area (Å²) in [6.07, 6.45) is 1.47. The van der Waals surface area contributed by atoms with Gasteiger partial charge in [-0.05, 0) is 32.4 Å². The van der Waals surface area contributed by atoms with E-state index in [1.54, 1.807) is 26.8 Å². The number of fused-ring (bicyclic) bond motifs is 1. The lowest BCUT2D eigenvalue weighted by Gasteiger charge is -2.22. The number of rotatable bonds is 1. The first-order valence-electron chi connectivity index (χ1n) is 5.80. The largest absolute Gasteiger partial charge is 0.456 e. The van der Waals surface area contributed by atoms with Gasteiger partial charge in [-0.25, -0.2) is 4.79 Å². The molecule has 1 unspecified atom stereocenters. The Kier molecular flexibility index (Phi) is 3.12. The predicted molar refractivity (Wildman–Crippen MR) is 62.5 cm³/mol. The molecule has 5 heteroatoms. The lowest BCUT2D eigenvalue weighted by atomic mass is 10.1. The van der Waals surface area contributed by atoms with Crippen LogP contribution in [-0.4, -0.2) is 34.9 Å². The van der Waals surface area contributed by atoms with Gasteiger partial charge in [0.25, 0.3) is 0 Å². The average Bonchev–Trinajstić information content (AvgIpc) is 2.50. The minimum atomic E-state index is -1.02. The van der Waals surface area contributed by atoms with E-state index in [2.05, 4.69) is 0 Å². The van der Waals surface area contributed by atoms with Crippen molar-refractivity contribution in [1.82, 2.24) is 0 Å². The van der Waals surface area contributed by atoms with Gasteiger partial charge in [-0.3, -0.25) is 4.79 Å². The Morgan fingerprint density at radius 2 is 2.17 bits per heavy atom. The summed E-state index contributed by atoms with van der Waals surface area (Å²) in [5.41, 5.74) is -0.112. The van der Waals surface area contributed by atoms with Crippen molar-refractivity contribution >= 4 is 11.8 Å². The second kappa shape index (κ2) is 4.33. The summed E-state index contributed by atoms with van der Waals surface area (Å²) in [4.78, 5) is 23.8. The van der Waals surface area contributed by atoms with Gasteiger partial charge in [0.1, 0.15) is 11.2 Å². The molecule has 1 aliphatic carbocycles. The van der Waals surface area contributed by atoms with E-state index in [9.17, 15) is 14.7 Å². The zero-order chi connectivity index (χ0) is 13.5. The van der Waals surface area contributed by atoms with Gasteiger partial charge in [-0.1, -0.05) is 6.08 Å². The molecule has 0 amide bonds. The topological polar surface area (TPSA) is 72.8 Å². The predicted octanol–water partition coefficient (Wildman–Crippen LogP) is 0.871. The van der Waals surface area contributed by atoms with Crippen LogP contribution in [0.25, 0.3) is 0 Å². The highest BCUT2D eigenvalue weighted by Gasteiger charge is 2.39. The molecule has 1 aliphatic heterocycles. The molecule has 0 saturated carbocycles. The maximum absolute atomic E-state index is 12.0. The number of carbonyl (C=O) groups excluding carboxylic acids is 2. The average molecular weight is 252 g/mol. The van der Waals surface area contributed by atoms with Crippen molar-refractivity contribution in [2.75, 3.05) is 0 Å². The molecular formula is C13H16O5. The maximum atomic E-state index is 12.0. The van der Waals surface area contributed by atoms with Gasteiger partial charge in [0.05, 0.1) is 6.10 Å². The molecule has 18 heavy (non-hydrogen) atoms. The summed E-state index contributed by atoms with van der Waals surface area (Å²) < 4.78 is 10.4. The van der Waals surface area contributed by atoms with Crippen LogP contribution in [0.3, 0.4) is 0 Å². The number of hydrogen-bond acceptors (Lipinski definition) is 5. The van der Waals surface area contributed by atoms with Crippen LogP contribution in [0.1, 0.15) is 27.2 Å². The minimum absolute atomic E-state index is 0.0399. The molecule has 0 aromatic carbocycles. The molecule has 0 aromatic rings. The van der Waals surface area contributed by atoms with Gasteiger partial charge >= 0.3 is 5.97 Å². The van der Waals surface area contributed by atoms with E-state index in [1.807, 2.05) is 0 Å². The highest BCUT2D eigenvalue weighted by molar-refractivity contribution is 6.20. The van der Waals surface area contributed by atoms with Crippen LogP contribution in [0.5, 0.6) is 0 Å². The molecule has 0 radical (unpaired) electrons. The van der Waals surface area contributed by atoms with E-state index in [4.69, 9.17) is 9.47 Å². The zero-order valence-corrected chi connectivity index (χ0v) is 10.6. The Labute approximate surface area is 105 Å². The fourth-order valence-corrected chi connectivity index (χ4v) is 1.97. The van der Waals surface area contributed by atoms with Crippen LogP contribution in [0.4, 0.5) is 0 Å². The first-order valence-corrected chi connectivity index (χ1v) is 5.80. The molecular weight excluding hydrogens is 236 g/mol. The smallest absolute Gasteiger partial charge is 0.342 e. The fraction of sp³-hybridized carbons (Fsp3) is 0.538. The molecule has 2 aliphatic rings. The SMILES string of the molecule is CC(C)(C)OC(=O)C1=C2C=CC(O)O[C@H]2CC1=O. The molecule has 1 heterocycles. The molecule has 0 saturated heterocycles. The highest BCUT2D eigenvalue weighted by atomic mass is 16.6. The third-order valence-corrected chi connectivity index (χ3v) is 2.63. The minimum Gasteiger partial charge on any atom is -0.456 e. The van der Waals surface area contributed by atoms with Crippen LogP contribution in [0.15, 0.2) is 23.3 Å². The number of esters is 1. The Bertz CT molecular complexity index is 452. The standard InChI is InChI=1S/C13H16O5/c1-13(2,3)18-12(16)11-7-4-5-10(15)17-9(7)6-8(11)14/h4-5,9-10,15H,6H2,1-3H3/t9-,10?/m0/s1. The van der Waals surface area contributed by atoms with E-state index < -0.39 is 24.0 Å². The van der Waals surface area contributed by atoms with Crippen molar-refractivity contribution in [2.45, 2.75) is 45.2 Å². The van der Waals surface area contributed by atoms with Crippen LogP contribution < -0.4 is 0 Å². The Balaban J connectivity index is 2.30. The Morgan fingerprint density at radius 1 is 1.50 bits per heavy atom. The van der Waals surface area contributed by atoms with E-state index >= 15 is 0 Å². The molecule has 0 fully saturated rings. The van der Waals surface area contributed by atoms with Crippen LogP contribution in [0.2, 0.25) is 0 Å². The molecule has 2 atom stereocenters. The van der Waals surface area contributed by atoms with Crippen molar-refractivity contribution < 1.29 is 24.2 Å². The van der Waals surface area contributed by atoms with Gasteiger partial charge in [0, 0.05) is 6.42 Å². The van der Waals surface area contributed by atoms with Crippen LogP contribution >= 0.6 is 0 Å². The monoisotopic (exact) mass is 252 g/mol. The second-order valence-corrected chi connectivity index (χ2v) is 5.33. The van der Waals surface area contributed by atoms with E-state index in [-0.39, 0.29) is 17.8 Å². The van der Waals surface area contributed by atoms with Crippen molar-refractivity contribution in [2.24, 2.45) is 0 Å². The van der Waals surface area contributed by atoms with Crippen LogP contribution in [-0.2, 0) is 19.1 Å². The summed E-state index contributed by atoms with van der Waals surface area (Å²) in [6, 6.07) is 0. The molecule has 2 rings (SSSR count).